The number of carbonyl (C=O) groups is 2. The molecule has 8 nitrogen and oxygen atoms in total. The van der Waals surface area contributed by atoms with Crippen LogP contribution in [-0.4, -0.2) is 76.2 Å². The van der Waals surface area contributed by atoms with Crippen LogP contribution in [0, 0.1) is 23.7 Å². The van der Waals surface area contributed by atoms with Gasteiger partial charge in [0.25, 0.3) is 0 Å². The van der Waals surface area contributed by atoms with E-state index in [2.05, 4.69) is 54.5 Å². The van der Waals surface area contributed by atoms with Gasteiger partial charge in [0.05, 0.1) is 0 Å². The highest BCUT2D eigenvalue weighted by atomic mass is 16.2. The van der Waals surface area contributed by atoms with Crippen molar-refractivity contribution in [1.82, 2.24) is 9.80 Å². The van der Waals surface area contributed by atoms with Crippen LogP contribution in [0.4, 0.5) is 32.3 Å². The predicted octanol–water partition coefficient (Wildman–Crippen LogP) is 9.15. The third-order valence-electron chi connectivity index (χ3n) is 11.1. The van der Waals surface area contributed by atoms with Crippen molar-refractivity contribution in [2.75, 3.05) is 74.8 Å². The van der Waals surface area contributed by atoms with E-state index in [4.69, 9.17) is 0 Å². The van der Waals surface area contributed by atoms with E-state index in [0.29, 0.717) is 23.7 Å². The molecular formula is C40H62N6O2. The van der Waals surface area contributed by atoms with Crippen molar-refractivity contribution in [3.05, 3.63) is 48.5 Å². The molecule has 3 saturated carbocycles. The van der Waals surface area contributed by atoms with Crippen molar-refractivity contribution in [2.24, 2.45) is 23.7 Å². The summed E-state index contributed by atoms with van der Waals surface area (Å²) in [5, 5.41) is 6.46. The molecule has 0 aromatic heterocycles. The molecule has 0 radical (unpaired) electrons. The normalized spacial score (nSPS) is 20.5. The zero-order chi connectivity index (χ0) is 33.9. The molecule has 8 heteroatoms. The quantitative estimate of drug-likeness (QED) is 0.239. The second kappa shape index (κ2) is 17.8. The van der Waals surface area contributed by atoms with E-state index >= 15 is 0 Å². The van der Waals surface area contributed by atoms with Crippen LogP contribution in [0.5, 0.6) is 0 Å². The predicted molar refractivity (Wildman–Crippen MR) is 201 cm³/mol. The van der Waals surface area contributed by atoms with Gasteiger partial charge in [-0.1, -0.05) is 44.9 Å². The lowest BCUT2D eigenvalue weighted by atomic mass is 9.80. The minimum atomic E-state index is 0.0267. The summed E-state index contributed by atoms with van der Waals surface area (Å²) < 4.78 is 0. The highest BCUT2D eigenvalue weighted by Crippen LogP contribution is 2.33. The smallest absolute Gasteiger partial charge is 0.321 e. The summed E-state index contributed by atoms with van der Waals surface area (Å²) >= 11 is 0. The minimum Gasteiger partial charge on any atom is -0.378 e. The average Bonchev–Trinajstić information content (AvgIpc) is 3.09. The van der Waals surface area contributed by atoms with E-state index in [1.54, 1.807) is 0 Å². The van der Waals surface area contributed by atoms with Gasteiger partial charge in [-0.15, -0.1) is 0 Å². The molecule has 4 amide bonds. The Hall–Kier alpha value is -3.42. The molecule has 2 aromatic carbocycles. The topological polar surface area (TPSA) is 71.2 Å². The first-order valence-electron chi connectivity index (χ1n) is 18.9. The lowest BCUT2D eigenvalue weighted by molar-refractivity contribution is 0.135. The van der Waals surface area contributed by atoms with Gasteiger partial charge in [-0.2, -0.15) is 0 Å². The van der Waals surface area contributed by atoms with Gasteiger partial charge in [0.2, 0.25) is 0 Å². The molecule has 0 heterocycles. The Morgan fingerprint density at radius 3 is 1.19 bits per heavy atom. The Balaban J connectivity index is 1.23. The number of hydrogen-bond donors (Lipinski definition) is 2. The van der Waals surface area contributed by atoms with Gasteiger partial charge in [0, 0.05) is 77.1 Å². The van der Waals surface area contributed by atoms with Crippen molar-refractivity contribution in [3.63, 3.8) is 0 Å². The molecule has 48 heavy (non-hydrogen) atoms. The minimum absolute atomic E-state index is 0.0267. The zero-order valence-electron chi connectivity index (χ0n) is 30.3. The molecule has 0 unspecified atom stereocenters. The van der Waals surface area contributed by atoms with Crippen LogP contribution in [-0.2, 0) is 0 Å². The highest BCUT2D eigenvalue weighted by molar-refractivity contribution is 5.90. The van der Waals surface area contributed by atoms with Crippen LogP contribution in [0.25, 0.3) is 0 Å². The molecule has 0 bridgehead atoms. The molecule has 0 spiro atoms. The summed E-state index contributed by atoms with van der Waals surface area (Å²) in [5.41, 5.74) is 3.94. The standard InChI is InChI=1S/C40H62N6O2/c1-43(2)37-22-18-35(19-23-37)41-39(47)45(27-31-12-7-5-8-13-31)29-33-16-11-17-34(26-33)30-46(28-32-14-9-6-10-15-32)40(48)42-36-20-24-38(25-21-36)44(3)4/h18-25,31-34H,5-17,26-30H2,1-4H3,(H,41,47)(H,42,48)/t33-,34+. The first kappa shape index (κ1) is 35.9. The number of urea groups is 2. The van der Waals surface area contributed by atoms with E-state index < -0.39 is 0 Å². The molecule has 2 N–H and O–H groups in total. The maximum Gasteiger partial charge on any atom is 0.321 e. The monoisotopic (exact) mass is 658 g/mol. The summed E-state index contributed by atoms with van der Waals surface area (Å²) in [5.74, 6) is 2.07. The number of nitrogens with zero attached hydrogens (tertiary/aromatic N) is 4. The maximum absolute atomic E-state index is 13.8. The van der Waals surface area contributed by atoms with Gasteiger partial charge >= 0.3 is 12.1 Å². The van der Waals surface area contributed by atoms with Crippen LogP contribution in [0.3, 0.4) is 0 Å². The Bertz CT molecular complexity index is 1170. The molecule has 3 fully saturated rings. The van der Waals surface area contributed by atoms with Crippen LogP contribution in [0.1, 0.15) is 89.9 Å². The van der Waals surface area contributed by atoms with E-state index in [9.17, 15) is 9.59 Å². The van der Waals surface area contributed by atoms with Gasteiger partial charge in [-0.25, -0.2) is 9.59 Å². The lowest BCUT2D eigenvalue weighted by Crippen LogP contribution is -2.45. The summed E-state index contributed by atoms with van der Waals surface area (Å²) in [7, 11) is 8.12. The van der Waals surface area contributed by atoms with E-state index in [-0.39, 0.29) is 12.1 Å². The molecule has 264 valence electrons. The Morgan fingerprint density at radius 1 is 0.500 bits per heavy atom. The number of amides is 4. The fraction of sp³-hybridized carbons (Fsp3) is 0.650. The lowest BCUT2D eigenvalue weighted by Gasteiger charge is -2.38. The number of benzene rings is 2. The van der Waals surface area contributed by atoms with Crippen molar-refractivity contribution >= 4 is 34.8 Å². The summed E-state index contributed by atoms with van der Waals surface area (Å²) in [6.07, 6.45) is 17.1. The molecule has 3 aliphatic rings. The van der Waals surface area contributed by atoms with Crippen molar-refractivity contribution in [1.29, 1.82) is 0 Å². The maximum atomic E-state index is 13.8. The largest absolute Gasteiger partial charge is 0.378 e. The Labute approximate surface area is 290 Å². The van der Waals surface area contributed by atoms with Crippen LogP contribution >= 0.6 is 0 Å². The first-order valence-corrected chi connectivity index (χ1v) is 18.9. The summed E-state index contributed by atoms with van der Waals surface area (Å²) in [6.45, 7) is 3.26. The molecule has 0 aliphatic heterocycles. The summed E-state index contributed by atoms with van der Waals surface area (Å²) in [4.78, 5) is 36.1. The molecule has 5 rings (SSSR count). The van der Waals surface area contributed by atoms with Gasteiger partial charge in [0.15, 0.2) is 0 Å². The zero-order valence-corrected chi connectivity index (χ0v) is 30.3. The highest BCUT2D eigenvalue weighted by Gasteiger charge is 2.31. The van der Waals surface area contributed by atoms with E-state index in [0.717, 1.165) is 74.6 Å². The van der Waals surface area contributed by atoms with E-state index in [1.807, 2.05) is 52.5 Å². The fourth-order valence-electron chi connectivity index (χ4n) is 8.29. The van der Waals surface area contributed by atoms with Gasteiger partial charge in [0.1, 0.15) is 0 Å². The van der Waals surface area contributed by atoms with Crippen LogP contribution in [0.2, 0.25) is 0 Å². The van der Waals surface area contributed by atoms with E-state index in [1.165, 1.54) is 64.2 Å². The SMILES string of the molecule is CN(C)c1ccc(NC(=O)N(CC2CCCCC2)C[C@@H]2CCC[C@H](CN(CC3CCCCC3)C(=O)Nc3ccc(N(C)C)cc3)C2)cc1. The number of nitrogens with one attached hydrogen (secondary N) is 2. The molecule has 3 aliphatic carbocycles. The van der Waals surface area contributed by atoms with Gasteiger partial charge in [-0.05, 0) is 117 Å². The number of rotatable bonds is 12. The van der Waals surface area contributed by atoms with Gasteiger partial charge < -0.3 is 30.2 Å². The van der Waals surface area contributed by atoms with Crippen molar-refractivity contribution in [2.45, 2.75) is 89.9 Å². The van der Waals surface area contributed by atoms with Crippen molar-refractivity contribution < 1.29 is 9.59 Å². The Kier molecular flexibility index (Phi) is 13.3. The van der Waals surface area contributed by atoms with Crippen LogP contribution in [0.15, 0.2) is 48.5 Å². The molecule has 2 atom stereocenters. The van der Waals surface area contributed by atoms with Crippen LogP contribution < -0.4 is 20.4 Å². The molecule has 2 aromatic rings. The second-order valence-corrected chi connectivity index (χ2v) is 15.5. The molecular weight excluding hydrogens is 596 g/mol. The first-order chi connectivity index (χ1) is 23.2. The number of carbonyl (C=O) groups excluding carboxylic acids is 2. The van der Waals surface area contributed by atoms with Gasteiger partial charge in [-0.3, -0.25) is 0 Å². The average molecular weight is 659 g/mol. The third kappa shape index (κ3) is 10.8. The fourth-order valence-corrected chi connectivity index (χ4v) is 8.29. The number of hydrogen-bond acceptors (Lipinski definition) is 4. The second-order valence-electron chi connectivity index (χ2n) is 15.5. The number of anilines is 4. The van der Waals surface area contributed by atoms with Crippen molar-refractivity contribution in [3.8, 4) is 0 Å². The molecule has 0 saturated heterocycles. The third-order valence-corrected chi connectivity index (χ3v) is 11.1. The summed E-state index contributed by atoms with van der Waals surface area (Å²) in [6, 6.07) is 16.3. The Morgan fingerprint density at radius 2 is 0.833 bits per heavy atom.